The molecule has 0 bridgehead atoms. The Bertz CT molecular complexity index is 645. The number of esters is 1. The molecule has 1 aromatic heterocycles. The number of carbonyl (C=O) groups excluding carboxylic acids is 1. The molecule has 0 amide bonds. The fourth-order valence-corrected chi connectivity index (χ4v) is 3.53. The van der Waals surface area contributed by atoms with Crippen LogP contribution in [0.4, 0.5) is 0 Å². The molecule has 1 aliphatic heterocycles. The van der Waals surface area contributed by atoms with Gasteiger partial charge in [0.25, 0.3) is 0 Å². The van der Waals surface area contributed by atoms with Crippen molar-refractivity contribution in [2.45, 2.75) is 31.4 Å². The average molecular weight is 340 g/mol. The summed E-state index contributed by atoms with van der Waals surface area (Å²) in [5, 5.41) is 11.9. The van der Waals surface area contributed by atoms with Gasteiger partial charge in [0.05, 0.1) is 12.3 Å². The average Bonchev–Trinajstić information content (AvgIpc) is 3.17. The monoisotopic (exact) mass is 340 g/mol. The van der Waals surface area contributed by atoms with Crippen LogP contribution in [0.3, 0.4) is 0 Å². The summed E-state index contributed by atoms with van der Waals surface area (Å²) in [6.45, 7) is 3.56. The highest BCUT2D eigenvalue weighted by atomic mass is 16.5. The van der Waals surface area contributed by atoms with Crippen LogP contribution in [0.15, 0.2) is 54.7 Å². The van der Waals surface area contributed by atoms with Crippen LogP contribution < -0.4 is 0 Å². The number of ether oxygens (including phenoxy) is 1. The van der Waals surface area contributed by atoms with Gasteiger partial charge in [0, 0.05) is 6.20 Å². The molecule has 1 saturated heterocycles. The summed E-state index contributed by atoms with van der Waals surface area (Å²) in [4.78, 5) is 19.3. The van der Waals surface area contributed by atoms with E-state index in [1.54, 1.807) is 25.3 Å². The van der Waals surface area contributed by atoms with E-state index in [2.05, 4.69) is 4.98 Å². The maximum absolute atomic E-state index is 12.9. The Hall–Kier alpha value is -2.24. The number of aromatic nitrogens is 1. The number of rotatable bonds is 6. The zero-order valence-corrected chi connectivity index (χ0v) is 14.5. The van der Waals surface area contributed by atoms with Gasteiger partial charge >= 0.3 is 5.97 Å². The summed E-state index contributed by atoms with van der Waals surface area (Å²) in [6, 6.07) is 13.8. The van der Waals surface area contributed by atoms with Gasteiger partial charge in [-0.3, -0.25) is 14.7 Å². The highest BCUT2D eigenvalue weighted by Gasteiger charge is 2.50. The van der Waals surface area contributed by atoms with E-state index in [1.807, 2.05) is 41.3 Å². The molecule has 25 heavy (non-hydrogen) atoms. The summed E-state index contributed by atoms with van der Waals surface area (Å²) < 4.78 is 5.34. The zero-order valence-electron chi connectivity index (χ0n) is 14.5. The van der Waals surface area contributed by atoms with Gasteiger partial charge in [-0.15, -0.1) is 0 Å². The Morgan fingerprint density at radius 3 is 2.48 bits per heavy atom. The Morgan fingerprint density at radius 1 is 1.20 bits per heavy atom. The minimum absolute atomic E-state index is 0.274. The van der Waals surface area contributed by atoms with Crippen molar-refractivity contribution >= 4 is 5.97 Å². The lowest BCUT2D eigenvalue weighted by atomic mass is 9.82. The molecule has 2 aromatic rings. The minimum Gasteiger partial charge on any atom is -0.465 e. The fourth-order valence-electron chi connectivity index (χ4n) is 3.53. The van der Waals surface area contributed by atoms with Gasteiger partial charge in [0.15, 0.2) is 5.60 Å². The van der Waals surface area contributed by atoms with Crippen LogP contribution in [0.25, 0.3) is 0 Å². The molecule has 1 aromatic carbocycles. The first-order chi connectivity index (χ1) is 12.2. The first kappa shape index (κ1) is 17.6. The summed E-state index contributed by atoms with van der Waals surface area (Å²) in [5.74, 6) is -0.415. The summed E-state index contributed by atoms with van der Waals surface area (Å²) in [6.07, 6.45) is 3.64. The Kier molecular flexibility index (Phi) is 5.46. The van der Waals surface area contributed by atoms with E-state index in [9.17, 15) is 9.90 Å². The van der Waals surface area contributed by atoms with Gasteiger partial charge in [-0.2, -0.15) is 0 Å². The van der Waals surface area contributed by atoms with Crippen LogP contribution in [0.1, 0.15) is 31.0 Å². The number of carbonyl (C=O) groups is 1. The molecule has 5 heteroatoms. The first-order valence-corrected chi connectivity index (χ1v) is 8.78. The SMILES string of the molecule is CCOC(=O)C(N1CCCC1)C(O)(c1ccccc1)c1ccccn1. The lowest BCUT2D eigenvalue weighted by Crippen LogP contribution is -2.56. The molecule has 1 aliphatic rings. The van der Waals surface area contributed by atoms with Gasteiger partial charge in [-0.25, -0.2) is 0 Å². The maximum atomic E-state index is 12.9. The maximum Gasteiger partial charge on any atom is 0.327 e. The smallest absolute Gasteiger partial charge is 0.327 e. The van der Waals surface area contributed by atoms with Crippen LogP contribution in [0, 0.1) is 0 Å². The van der Waals surface area contributed by atoms with Crippen LogP contribution in [0.2, 0.25) is 0 Å². The molecule has 5 nitrogen and oxygen atoms in total. The van der Waals surface area contributed by atoms with Gasteiger partial charge in [0.2, 0.25) is 0 Å². The lowest BCUT2D eigenvalue weighted by molar-refractivity contribution is -0.159. The minimum atomic E-state index is -1.57. The molecule has 0 spiro atoms. The Balaban J connectivity index is 2.15. The van der Waals surface area contributed by atoms with Crippen molar-refractivity contribution in [3.63, 3.8) is 0 Å². The molecule has 2 heterocycles. The van der Waals surface area contributed by atoms with E-state index in [0.717, 1.165) is 25.9 Å². The van der Waals surface area contributed by atoms with Crippen molar-refractivity contribution in [2.75, 3.05) is 19.7 Å². The topological polar surface area (TPSA) is 62.7 Å². The largest absolute Gasteiger partial charge is 0.465 e. The highest BCUT2D eigenvalue weighted by Crippen LogP contribution is 2.36. The predicted octanol–water partition coefficient (Wildman–Crippen LogP) is 2.35. The van der Waals surface area contributed by atoms with Crippen LogP contribution >= 0.6 is 0 Å². The van der Waals surface area contributed by atoms with Crippen LogP contribution in [-0.2, 0) is 15.1 Å². The zero-order chi connectivity index (χ0) is 17.7. The van der Waals surface area contributed by atoms with Gasteiger partial charge < -0.3 is 9.84 Å². The van der Waals surface area contributed by atoms with Gasteiger partial charge in [0.1, 0.15) is 6.04 Å². The summed E-state index contributed by atoms with van der Waals surface area (Å²) >= 11 is 0. The second kappa shape index (κ2) is 7.76. The number of aliphatic hydroxyl groups is 1. The van der Waals surface area contributed by atoms with E-state index in [4.69, 9.17) is 4.74 Å². The normalized spacial score (nSPS) is 18.5. The third-order valence-electron chi connectivity index (χ3n) is 4.68. The molecular formula is C20H24N2O3. The number of likely N-dealkylation sites (tertiary alicyclic amines) is 1. The van der Waals surface area contributed by atoms with E-state index < -0.39 is 17.6 Å². The molecule has 0 radical (unpaired) electrons. The first-order valence-electron chi connectivity index (χ1n) is 8.78. The molecule has 0 saturated carbocycles. The van der Waals surface area contributed by atoms with Crippen LogP contribution in [0.5, 0.6) is 0 Å². The lowest BCUT2D eigenvalue weighted by Gasteiger charge is -2.39. The predicted molar refractivity (Wildman–Crippen MR) is 94.9 cm³/mol. The van der Waals surface area contributed by atoms with Crippen molar-refractivity contribution in [3.8, 4) is 0 Å². The standard InChI is InChI=1S/C20H24N2O3/c1-2-25-19(23)18(22-14-8-9-15-22)20(24,16-10-4-3-5-11-16)17-12-6-7-13-21-17/h3-7,10-13,18,24H,2,8-9,14-15H2,1H3. The van der Waals surface area contributed by atoms with E-state index in [-0.39, 0.29) is 6.61 Å². The highest BCUT2D eigenvalue weighted by molar-refractivity contribution is 5.79. The third kappa shape index (κ3) is 3.43. The number of nitrogens with zero attached hydrogens (tertiary/aromatic N) is 2. The second-order valence-electron chi connectivity index (χ2n) is 6.25. The number of benzene rings is 1. The molecular weight excluding hydrogens is 316 g/mol. The fraction of sp³-hybridized carbons (Fsp3) is 0.400. The van der Waals surface area contributed by atoms with Gasteiger partial charge in [-0.05, 0) is 50.6 Å². The summed E-state index contributed by atoms with van der Waals surface area (Å²) in [7, 11) is 0. The Labute approximate surface area is 148 Å². The van der Waals surface area contributed by atoms with Crippen molar-refractivity contribution in [1.29, 1.82) is 0 Å². The van der Waals surface area contributed by atoms with Crippen molar-refractivity contribution in [1.82, 2.24) is 9.88 Å². The molecule has 3 rings (SSSR count). The summed E-state index contributed by atoms with van der Waals surface area (Å²) in [5.41, 5.74) is -0.483. The van der Waals surface area contributed by atoms with Crippen molar-refractivity contribution in [3.05, 3.63) is 66.0 Å². The Morgan fingerprint density at radius 2 is 1.88 bits per heavy atom. The third-order valence-corrected chi connectivity index (χ3v) is 4.68. The molecule has 1 fully saturated rings. The second-order valence-corrected chi connectivity index (χ2v) is 6.25. The quantitative estimate of drug-likeness (QED) is 0.818. The molecule has 0 aliphatic carbocycles. The number of pyridine rings is 1. The molecule has 2 unspecified atom stereocenters. The van der Waals surface area contributed by atoms with E-state index >= 15 is 0 Å². The van der Waals surface area contributed by atoms with Crippen molar-refractivity contribution in [2.24, 2.45) is 0 Å². The molecule has 2 atom stereocenters. The number of hydrogen-bond donors (Lipinski definition) is 1. The van der Waals surface area contributed by atoms with Crippen molar-refractivity contribution < 1.29 is 14.6 Å². The number of hydrogen-bond acceptors (Lipinski definition) is 5. The van der Waals surface area contributed by atoms with Crippen LogP contribution in [-0.4, -0.2) is 46.7 Å². The van der Waals surface area contributed by atoms with Gasteiger partial charge in [-0.1, -0.05) is 36.4 Å². The van der Waals surface area contributed by atoms with E-state index in [1.165, 1.54) is 0 Å². The molecule has 1 N–H and O–H groups in total. The van der Waals surface area contributed by atoms with E-state index in [0.29, 0.717) is 11.3 Å². The molecule has 132 valence electrons.